The molecule has 0 fully saturated rings. The summed E-state index contributed by atoms with van der Waals surface area (Å²) in [5.74, 6) is 0. The number of anilines is 1. The lowest BCUT2D eigenvalue weighted by Crippen LogP contribution is -2.22. The summed E-state index contributed by atoms with van der Waals surface area (Å²) in [6.45, 7) is 0.745. The van der Waals surface area contributed by atoms with Crippen LogP contribution in [0.2, 0.25) is 0 Å². The lowest BCUT2D eigenvalue weighted by atomic mass is 10.1. The van der Waals surface area contributed by atoms with Crippen LogP contribution < -0.4 is 11.4 Å². The van der Waals surface area contributed by atoms with Gasteiger partial charge in [-0.1, -0.05) is 12.1 Å². The van der Waals surface area contributed by atoms with E-state index in [0.29, 0.717) is 0 Å². The Hall–Kier alpha value is -1.97. The molecule has 0 spiro atoms. The van der Waals surface area contributed by atoms with Crippen LogP contribution in [0.4, 0.5) is 5.69 Å². The number of aromatic nitrogens is 2. The number of nitrogens with two attached hydrogens (primary N) is 1. The van der Waals surface area contributed by atoms with Crippen molar-refractivity contribution in [3.63, 3.8) is 0 Å². The number of nitrogens with zero attached hydrogens (tertiary/aromatic N) is 2. The third kappa shape index (κ3) is 2.78. The predicted molar refractivity (Wildman–Crippen MR) is 68.8 cm³/mol. The molecule has 0 aliphatic heterocycles. The summed E-state index contributed by atoms with van der Waals surface area (Å²) in [7, 11) is 1.76. The molecule has 0 aliphatic carbocycles. The van der Waals surface area contributed by atoms with Crippen molar-refractivity contribution in [2.24, 2.45) is 7.05 Å². The van der Waals surface area contributed by atoms with Gasteiger partial charge in [-0.25, -0.2) is 4.79 Å². The average molecular weight is 231 g/mol. The van der Waals surface area contributed by atoms with Gasteiger partial charge in [0.25, 0.3) is 0 Å². The van der Waals surface area contributed by atoms with Gasteiger partial charge in [0.1, 0.15) is 0 Å². The second-order valence-electron chi connectivity index (χ2n) is 4.23. The molecule has 4 heteroatoms. The van der Waals surface area contributed by atoms with Gasteiger partial charge in [0.15, 0.2) is 0 Å². The maximum absolute atomic E-state index is 11.6. The van der Waals surface area contributed by atoms with E-state index in [-0.39, 0.29) is 5.69 Å². The zero-order chi connectivity index (χ0) is 12.3. The van der Waals surface area contributed by atoms with Gasteiger partial charge in [-0.2, -0.15) is 0 Å². The first kappa shape index (κ1) is 11.5. The molecule has 1 aromatic carbocycles. The van der Waals surface area contributed by atoms with Crippen molar-refractivity contribution in [3.05, 3.63) is 52.7 Å². The van der Waals surface area contributed by atoms with Crippen LogP contribution in [-0.2, 0) is 20.0 Å². The Morgan fingerprint density at radius 2 is 2.12 bits per heavy atom. The number of hydrogen-bond donors (Lipinski definition) is 1. The molecule has 1 aromatic heterocycles. The highest BCUT2D eigenvalue weighted by Gasteiger charge is 1.99. The van der Waals surface area contributed by atoms with Crippen LogP contribution in [0.3, 0.4) is 0 Å². The van der Waals surface area contributed by atoms with E-state index in [1.54, 1.807) is 22.4 Å². The molecule has 4 nitrogen and oxygen atoms in total. The third-order valence-corrected chi connectivity index (χ3v) is 2.83. The van der Waals surface area contributed by atoms with E-state index in [1.165, 1.54) is 5.56 Å². The molecule has 0 aliphatic rings. The number of hydrogen-bond acceptors (Lipinski definition) is 2. The lowest BCUT2D eigenvalue weighted by Gasteiger charge is -2.03. The molecule has 17 heavy (non-hydrogen) atoms. The first-order valence-corrected chi connectivity index (χ1v) is 5.73. The highest BCUT2D eigenvalue weighted by molar-refractivity contribution is 5.40. The van der Waals surface area contributed by atoms with Gasteiger partial charge in [0.2, 0.25) is 0 Å². The van der Waals surface area contributed by atoms with Gasteiger partial charge >= 0.3 is 5.69 Å². The summed E-state index contributed by atoms with van der Waals surface area (Å²) in [6.07, 6.45) is 5.48. The molecule has 0 amide bonds. The normalized spacial score (nSPS) is 10.6. The first-order chi connectivity index (χ1) is 8.16. The minimum absolute atomic E-state index is 0.0394. The van der Waals surface area contributed by atoms with Crippen molar-refractivity contribution in [3.8, 4) is 0 Å². The Kier molecular flexibility index (Phi) is 3.32. The number of imidazole rings is 1. The Labute approximate surface area is 100 Å². The second kappa shape index (κ2) is 4.91. The van der Waals surface area contributed by atoms with Gasteiger partial charge in [-0.05, 0) is 30.5 Å². The van der Waals surface area contributed by atoms with E-state index in [2.05, 4.69) is 6.07 Å². The molecule has 90 valence electrons. The maximum atomic E-state index is 11.6. The Balaban J connectivity index is 1.92. The largest absolute Gasteiger partial charge is 0.399 e. The molecule has 0 unspecified atom stereocenters. The smallest absolute Gasteiger partial charge is 0.327 e. The number of aryl methyl sites for hydroxylation is 3. The quantitative estimate of drug-likeness (QED) is 0.809. The average Bonchev–Trinajstić information content (AvgIpc) is 2.61. The molecular formula is C13H17N3O. The molecule has 1 heterocycles. The molecule has 0 saturated heterocycles. The van der Waals surface area contributed by atoms with Crippen LogP contribution >= 0.6 is 0 Å². The summed E-state index contributed by atoms with van der Waals surface area (Å²) < 4.78 is 3.31. The van der Waals surface area contributed by atoms with E-state index in [1.807, 2.05) is 24.4 Å². The topological polar surface area (TPSA) is 52.9 Å². The number of benzene rings is 1. The van der Waals surface area contributed by atoms with Crippen molar-refractivity contribution >= 4 is 5.69 Å². The molecular weight excluding hydrogens is 214 g/mol. The van der Waals surface area contributed by atoms with Crippen molar-refractivity contribution in [2.45, 2.75) is 19.4 Å². The van der Waals surface area contributed by atoms with Gasteiger partial charge in [0, 0.05) is 31.7 Å². The predicted octanol–water partition coefficient (Wildman–Crippen LogP) is 1.40. The van der Waals surface area contributed by atoms with Crippen LogP contribution in [0, 0.1) is 0 Å². The molecule has 0 saturated carbocycles. The highest BCUT2D eigenvalue weighted by Crippen LogP contribution is 2.08. The van der Waals surface area contributed by atoms with Crippen molar-refractivity contribution < 1.29 is 0 Å². The SMILES string of the molecule is Cn1ccn(CCCc2cccc(N)c2)c1=O. The lowest BCUT2D eigenvalue weighted by molar-refractivity contribution is 0.610. The van der Waals surface area contributed by atoms with Crippen molar-refractivity contribution in [2.75, 3.05) is 5.73 Å². The van der Waals surface area contributed by atoms with Gasteiger partial charge in [-0.15, -0.1) is 0 Å². The van der Waals surface area contributed by atoms with Crippen LogP contribution in [0.25, 0.3) is 0 Å². The van der Waals surface area contributed by atoms with Gasteiger partial charge in [0.05, 0.1) is 0 Å². The molecule has 0 atom stereocenters. The number of rotatable bonds is 4. The zero-order valence-corrected chi connectivity index (χ0v) is 9.97. The summed E-state index contributed by atoms with van der Waals surface area (Å²) in [5.41, 5.74) is 7.76. The minimum atomic E-state index is 0.0394. The fourth-order valence-corrected chi connectivity index (χ4v) is 1.88. The van der Waals surface area contributed by atoms with E-state index in [9.17, 15) is 4.79 Å². The summed E-state index contributed by atoms with van der Waals surface area (Å²) in [5, 5.41) is 0. The second-order valence-corrected chi connectivity index (χ2v) is 4.23. The van der Waals surface area contributed by atoms with E-state index < -0.39 is 0 Å². The monoisotopic (exact) mass is 231 g/mol. The standard InChI is InChI=1S/C13H17N3O/c1-15-8-9-16(13(15)17)7-3-5-11-4-2-6-12(14)10-11/h2,4,6,8-10H,3,5,7,14H2,1H3. The summed E-state index contributed by atoms with van der Waals surface area (Å²) in [6, 6.07) is 7.88. The van der Waals surface area contributed by atoms with E-state index in [0.717, 1.165) is 25.1 Å². The fraction of sp³-hybridized carbons (Fsp3) is 0.308. The number of nitrogen functional groups attached to an aromatic ring is 1. The summed E-state index contributed by atoms with van der Waals surface area (Å²) >= 11 is 0. The van der Waals surface area contributed by atoms with Gasteiger partial charge < -0.3 is 10.3 Å². The molecule has 2 rings (SSSR count). The van der Waals surface area contributed by atoms with E-state index in [4.69, 9.17) is 5.73 Å². The molecule has 2 N–H and O–H groups in total. The van der Waals surface area contributed by atoms with Crippen LogP contribution in [0.1, 0.15) is 12.0 Å². The first-order valence-electron chi connectivity index (χ1n) is 5.73. The fourth-order valence-electron chi connectivity index (χ4n) is 1.88. The minimum Gasteiger partial charge on any atom is -0.399 e. The van der Waals surface area contributed by atoms with Crippen LogP contribution in [-0.4, -0.2) is 9.13 Å². The van der Waals surface area contributed by atoms with Crippen molar-refractivity contribution in [1.82, 2.24) is 9.13 Å². The third-order valence-electron chi connectivity index (χ3n) is 2.83. The maximum Gasteiger partial charge on any atom is 0.327 e. The molecule has 2 aromatic rings. The zero-order valence-electron chi connectivity index (χ0n) is 9.97. The Morgan fingerprint density at radius 3 is 2.76 bits per heavy atom. The molecule has 0 radical (unpaired) electrons. The van der Waals surface area contributed by atoms with Crippen LogP contribution in [0.15, 0.2) is 41.5 Å². The Morgan fingerprint density at radius 1 is 1.29 bits per heavy atom. The summed E-state index contributed by atoms with van der Waals surface area (Å²) in [4.78, 5) is 11.6. The van der Waals surface area contributed by atoms with Crippen LogP contribution in [0.5, 0.6) is 0 Å². The molecule has 0 bridgehead atoms. The van der Waals surface area contributed by atoms with E-state index >= 15 is 0 Å². The van der Waals surface area contributed by atoms with Crippen molar-refractivity contribution in [1.29, 1.82) is 0 Å². The van der Waals surface area contributed by atoms with Gasteiger partial charge in [-0.3, -0.25) is 4.57 Å². The highest BCUT2D eigenvalue weighted by atomic mass is 16.1. The Bertz CT molecular complexity index is 554.